The molecule has 0 aliphatic carbocycles. The average Bonchev–Trinajstić information content (AvgIpc) is 2.85. The zero-order chi connectivity index (χ0) is 12.8. The zero-order valence-corrected chi connectivity index (χ0v) is 11.7. The topological polar surface area (TPSA) is 28.2 Å². The van der Waals surface area contributed by atoms with Gasteiger partial charge in [0, 0.05) is 25.3 Å². The predicted molar refractivity (Wildman–Crippen MR) is 76.7 cm³/mol. The van der Waals surface area contributed by atoms with Crippen LogP contribution in [0, 0.1) is 0 Å². The minimum atomic E-state index is 0.780. The molecule has 2 heterocycles. The second-order valence-electron chi connectivity index (χ2n) is 5.15. The number of likely N-dealkylation sites (tertiary alicyclic amines) is 1. The Kier molecular flexibility index (Phi) is 5.00. The molecule has 1 unspecified atom stereocenters. The van der Waals surface area contributed by atoms with Crippen LogP contribution < -0.4 is 5.32 Å². The van der Waals surface area contributed by atoms with Crippen LogP contribution in [-0.4, -0.2) is 29.0 Å². The highest BCUT2D eigenvalue weighted by atomic mass is 15.2. The van der Waals surface area contributed by atoms with Crippen molar-refractivity contribution in [3.63, 3.8) is 0 Å². The van der Waals surface area contributed by atoms with Gasteiger partial charge in [0.25, 0.3) is 0 Å². The SMILES string of the molecule is CCCNc1ccc(CN2CCCC2CC)cn1. The standard InChI is InChI=1S/C15H25N3/c1-3-9-16-15-8-7-13(11-17-15)12-18-10-5-6-14(18)4-2/h7-8,11,14H,3-6,9-10,12H2,1-2H3,(H,16,17). The molecule has 0 spiro atoms. The minimum absolute atomic E-state index is 0.780. The van der Waals surface area contributed by atoms with Gasteiger partial charge in [0.2, 0.25) is 0 Å². The highest BCUT2D eigenvalue weighted by Gasteiger charge is 2.22. The van der Waals surface area contributed by atoms with Crippen LogP contribution in [0.5, 0.6) is 0 Å². The molecule has 1 aromatic heterocycles. The monoisotopic (exact) mass is 247 g/mol. The Labute approximate surface area is 111 Å². The third kappa shape index (κ3) is 3.45. The van der Waals surface area contributed by atoms with Gasteiger partial charge in [-0.25, -0.2) is 4.98 Å². The van der Waals surface area contributed by atoms with Crippen LogP contribution in [0.4, 0.5) is 5.82 Å². The lowest BCUT2D eigenvalue weighted by atomic mass is 10.1. The lowest BCUT2D eigenvalue weighted by Crippen LogP contribution is -2.28. The number of nitrogens with one attached hydrogen (secondary N) is 1. The first-order chi connectivity index (χ1) is 8.83. The minimum Gasteiger partial charge on any atom is -0.370 e. The molecule has 0 amide bonds. The molecule has 18 heavy (non-hydrogen) atoms. The molecular formula is C15H25N3. The van der Waals surface area contributed by atoms with Gasteiger partial charge >= 0.3 is 0 Å². The normalized spacial score (nSPS) is 20.2. The Morgan fingerprint density at radius 1 is 1.39 bits per heavy atom. The van der Waals surface area contributed by atoms with Gasteiger partial charge in [-0.2, -0.15) is 0 Å². The van der Waals surface area contributed by atoms with Gasteiger partial charge in [0.1, 0.15) is 5.82 Å². The Hall–Kier alpha value is -1.09. The molecular weight excluding hydrogens is 222 g/mol. The Balaban J connectivity index is 1.89. The molecule has 100 valence electrons. The molecule has 0 bridgehead atoms. The Morgan fingerprint density at radius 3 is 2.94 bits per heavy atom. The third-order valence-electron chi connectivity index (χ3n) is 3.74. The zero-order valence-electron chi connectivity index (χ0n) is 11.7. The van der Waals surface area contributed by atoms with Gasteiger partial charge in [-0.3, -0.25) is 4.90 Å². The molecule has 3 heteroatoms. The Bertz CT molecular complexity index is 347. The van der Waals surface area contributed by atoms with E-state index in [1.54, 1.807) is 0 Å². The fourth-order valence-electron chi connectivity index (χ4n) is 2.68. The lowest BCUT2D eigenvalue weighted by Gasteiger charge is -2.23. The second-order valence-corrected chi connectivity index (χ2v) is 5.15. The summed E-state index contributed by atoms with van der Waals surface area (Å²) >= 11 is 0. The van der Waals surface area contributed by atoms with Crippen LogP contribution in [0.15, 0.2) is 18.3 Å². The summed E-state index contributed by atoms with van der Waals surface area (Å²) in [7, 11) is 0. The highest BCUT2D eigenvalue weighted by Crippen LogP contribution is 2.22. The van der Waals surface area contributed by atoms with Gasteiger partial charge < -0.3 is 5.32 Å². The molecule has 0 aromatic carbocycles. The van der Waals surface area contributed by atoms with Crippen molar-refractivity contribution in [1.82, 2.24) is 9.88 Å². The first kappa shape index (κ1) is 13.3. The molecule has 1 fully saturated rings. The second kappa shape index (κ2) is 6.74. The maximum atomic E-state index is 4.47. The third-order valence-corrected chi connectivity index (χ3v) is 3.74. The van der Waals surface area contributed by atoms with E-state index in [4.69, 9.17) is 0 Å². The number of hydrogen-bond acceptors (Lipinski definition) is 3. The van der Waals surface area contributed by atoms with E-state index in [0.29, 0.717) is 0 Å². The van der Waals surface area contributed by atoms with Crippen molar-refractivity contribution in [3.05, 3.63) is 23.9 Å². The summed E-state index contributed by atoms with van der Waals surface area (Å²) in [6.07, 6.45) is 7.13. The van der Waals surface area contributed by atoms with Crippen LogP contribution in [0.25, 0.3) is 0 Å². The van der Waals surface area contributed by atoms with Crippen molar-refractivity contribution in [2.24, 2.45) is 0 Å². The molecule has 3 nitrogen and oxygen atoms in total. The quantitative estimate of drug-likeness (QED) is 0.836. The number of rotatable bonds is 6. The van der Waals surface area contributed by atoms with E-state index in [1.807, 2.05) is 6.20 Å². The van der Waals surface area contributed by atoms with Gasteiger partial charge in [-0.1, -0.05) is 19.9 Å². The van der Waals surface area contributed by atoms with Gasteiger partial charge in [-0.05, 0) is 43.9 Å². The molecule has 1 aliphatic rings. The molecule has 2 rings (SSSR count). The van der Waals surface area contributed by atoms with Gasteiger partial charge in [-0.15, -0.1) is 0 Å². The molecule has 1 aliphatic heterocycles. The molecule has 1 aromatic rings. The first-order valence-electron chi connectivity index (χ1n) is 7.26. The van der Waals surface area contributed by atoms with Crippen LogP contribution in [-0.2, 0) is 6.54 Å². The van der Waals surface area contributed by atoms with Crippen molar-refractivity contribution in [3.8, 4) is 0 Å². The molecule has 1 atom stereocenters. The fourth-order valence-corrected chi connectivity index (χ4v) is 2.68. The molecule has 0 radical (unpaired) electrons. The summed E-state index contributed by atoms with van der Waals surface area (Å²) in [6, 6.07) is 5.08. The lowest BCUT2D eigenvalue weighted by molar-refractivity contribution is 0.240. The van der Waals surface area contributed by atoms with Crippen molar-refractivity contribution < 1.29 is 0 Å². The molecule has 1 saturated heterocycles. The smallest absolute Gasteiger partial charge is 0.125 e. The van der Waals surface area contributed by atoms with Gasteiger partial charge in [0.15, 0.2) is 0 Å². The Morgan fingerprint density at radius 2 is 2.28 bits per heavy atom. The number of anilines is 1. The van der Waals surface area contributed by atoms with E-state index >= 15 is 0 Å². The van der Waals surface area contributed by atoms with E-state index in [0.717, 1.165) is 31.4 Å². The summed E-state index contributed by atoms with van der Waals surface area (Å²) < 4.78 is 0. The number of hydrogen-bond donors (Lipinski definition) is 1. The van der Waals surface area contributed by atoms with E-state index < -0.39 is 0 Å². The first-order valence-corrected chi connectivity index (χ1v) is 7.26. The van der Waals surface area contributed by atoms with E-state index in [1.165, 1.54) is 31.4 Å². The average molecular weight is 247 g/mol. The summed E-state index contributed by atoms with van der Waals surface area (Å²) in [4.78, 5) is 7.06. The molecule has 1 N–H and O–H groups in total. The summed E-state index contributed by atoms with van der Waals surface area (Å²) in [5.41, 5.74) is 1.33. The van der Waals surface area contributed by atoms with Crippen LogP contribution >= 0.6 is 0 Å². The number of aromatic nitrogens is 1. The van der Waals surface area contributed by atoms with Crippen molar-refractivity contribution in [1.29, 1.82) is 0 Å². The number of pyridine rings is 1. The highest BCUT2D eigenvalue weighted by molar-refractivity contribution is 5.35. The molecule has 0 saturated carbocycles. The van der Waals surface area contributed by atoms with E-state index in [2.05, 4.69) is 41.2 Å². The summed E-state index contributed by atoms with van der Waals surface area (Å²) in [5.74, 6) is 0.995. The van der Waals surface area contributed by atoms with Gasteiger partial charge in [0.05, 0.1) is 0 Å². The van der Waals surface area contributed by atoms with Crippen LogP contribution in [0.1, 0.15) is 45.1 Å². The van der Waals surface area contributed by atoms with Crippen molar-refractivity contribution >= 4 is 5.82 Å². The van der Waals surface area contributed by atoms with Crippen LogP contribution in [0.2, 0.25) is 0 Å². The van der Waals surface area contributed by atoms with Crippen molar-refractivity contribution in [2.45, 2.75) is 52.1 Å². The van der Waals surface area contributed by atoms with Crippen molar-refractivity contribution in [2.75, 3.05) is 18.4 Å². The summed E-state index contributed by atoms with van der Waals surface area (Å²) in [5, 5.41) is 3.31. The maximum Gasteiger partial charge on any atom is 0.125 e. The predicted octanol–water partition coefficient (Wildman–Crippen LogP) is 3.28. The van der Waals surface area contributed by atoms with E-state index in [9.17, 15) is 0 Å². The fraction of sp³-hybridized carbons (Fsp3) is 0.667. The summed E-state index contributed by atoms with van der Waals surface area (Å²) in [6.45, 7) is 7.75. The number of nitrogens with zero attached hydrogens (tertiary/aromatic N) is 2. The largest absolute Gasteiger partial charge is 0.370 e. The maximum absolute atomic E-state index is 4.47. The van der Waals surface area contributed by atoms with E-state index in [-0.39, 0.29) is 0 Å². The van der Waals surface area contributed by atoms with Crippen LogP contribution in [0.3, 0.4) is 0 Å².